The lowest BCUT2D eigenvalue weighted by Crippen LogP contribution is -2.41. The van der Waals surface area contributed by atoms with Gasteiger partial charge in [-0.1, -0.05) is 0 Å². The minimum absolute atomic E-state index is 0.0328. The van der Waals surface area contributed by atoms with Crippen molar-refractivity contribution in [1.82, 2.24) is 4.98 Å². The minimum atomic E-state index is -0.424. The summed E-state index contributed by atoms with van der Waals surface area (Å²) in [5.41, 5.74) is 5.95. The molecule has 0 unspecified atom stereocenters. The fourth-order valence-electron chi connectivity index (χ4n) is 2.68. The molecule has 19 heavy (non-hydrogen) atoms. The zero-order valence-electron chi connectivity index (χ0n) is 11.2. The molecule has 0 saturated heterocycles. The van der Waals surface area contributed by atoms with Gasteiger partial charge < -0.3 is 10.6 Å². The molecule has 1 aromatic rings. The highest BCUT2D eigenvalue weighted by Crippen LogP contribution is 2.26. The molecule has 0 amide bonds. The molecule has 0 bridgehead atoms. The molecule has 2 rings (SSSR count). The van der Waals surface area contributed by atoms with Gasteiger partial charge in [-0.3, -0.25) is 10.1 Å². The fourth-order valence-corrected chi connectivity index (χ4v) is 2.68. The maximum atomic E-state index is 10.6. The van der Waals surface area contributed by atoms with E-state index in [1.54, 1.807) is 6.07 Å². The van der Waals surface area contributed by atoms with Crippen molar-refractivity contribution in [2.24, 2.45) is 5.73 Å². The van der Waals surface area contributed by atoms with Crippen LogP contribution in [0.5, 0.6) is 0 Å². The van der Waals surface area contributed by atoms with Gasteiger partial charge in [-0.2, -0.15) is 0 Å². The van der Waals surface area contributed by atoms with E-state index in [1.165, 1.54) is 12.3 Å². The summed E-state index contributed by atoms with van der Waals surface area (Å²) >= 11 is 0. The van der Waals surface area contributed by atoms with Crippen LogP contribution in [0.1, 0.15) is 32.6 Å². The number of pyridine rings is 1. The van der Waals surface area contributed by atoms with Gasteiger partial charge in [0.1, 0.15) is 12.0 Å². The molecule has 0 atom stereocenters. The maximum Gasteiger partial charge on any atom is 0.287 e. The van der Waals surface area contributed by atoms with Crippen LogP contribution in [0.25, 0.3) is 0 Å². The van der Waals surface area contributed by atoms with E-state index in [9.17, 15) is 10.1 Å². The molecule has 0 radical (unpaired) electrons. The molecular formula is C13H20N4O2. The van der Waals surface area contributed by atoms with Gasteiger partial charge in [0.15, 0.2) is 0 Å². The number of nitro groups is 1. The molecule has 1 fully saturated rings. The summed E-state index contributed by atoms with van der Waals surface area (Å²) in [4.78, 5) is 16.6. The molecule has 1 heterocycles. The second-order valence-corrected chi connectivity index (χ2v) is 4.99. The van der Waals surface area contributed by atoms with E-state index < -0.39 is 4.92 Å². The van der Waals surface area contributed by atoms with E-state index in [4.69, 9.17) is 5.73 Å². The fraction of sp³-hybridized carbons (Fsp3) is 0.615. The Labute approximate surface area is 112 Å². The lowest BCUT2D eigenvalue weighted by Gasteiger charge is -2.36. The first-order valence-corrected chi connectivity index (χ1v) is 6.74. The Morgan fingerprint density at radius 2 is 2.11 bits per heavy atom. The topological polar surface area (TPSA) is 85.3 Å². The third kappa shape index (κ3) is 3.20. The SMILES string of the molecule is CCN(c1ccc([N+](=O)[O-])cn1)C1CCC(N)CC1. The third-order valence-corrected chi connectivity index (χ3v) is 3.76. The van der Waals surface area contributed by atoms with Gasteiger partial charge in [0.25, 0.3) is 5.69 Å². The van der Waals surface area contributed by atoms with Crippen molar-refractivity contribution in [1.29, 1.82) is 0 Å². The van der Waals surface area contributed by atoms with Crippen LogP contribution in [-0.2, 0) is 0 Å². The van der Waals surface area contributed by atoms with E-state index in [1.807, 2.05) is 0 Å². The molecule has 1 aliphatic rings. The van der Waals surface area contributed by atoms with Crippen molar-refractivity contribution in [2.75, 3.05) is 11.4 Å². The predicted octanol–water partition coefficient (Wildman–Crippen LogP) is 2.09. The van der Waals surface area contributed by atoms with Crippen LogP contribution >= 0.6 is 0 Å². The number of hydrogen-bond acceptors (Lipinski definition) is 5. The van der Waals surface area contributed by atoms with Gasteiger partial charge in [0, 0.05) is 24.7 Å². The summed E-state index contributed by atoms with van der Waals surface area (Å²) in [6, 6.07) is 4.01. The Kier molecular flexibility index (Phi) is 4.31. The standard InChI is InChI=1S/C13H20N4O2/c1-2-16(11-5-3-10(14)4-6-11)13-8-7-12(9-15-13)17(18)19/h7-11H,2-6,14H2,1H3. The van der Waals surface area contributed by atoms with Crippen molar-refractivity contribution in [3.63, 3.8) is 0 Å². The highest BCUT2D eigenvalue weighted by atomic mass is 16.6. The number of nitrogens with two attached hydrogens (primary N) is 1. The smallest absolute Gasteiger partial charge is 0.287 e. The summed E-state index contributed by atoms with van der Waals surface area (Å²) in [6.45, 7) is 2.93. The van der Waals surface area contributed by atoms with Crippen LogP contribution in [0, 0.1) is 10.1 Å². The van der Waals surface area contributed by atoms with Gasteiger partial charge in [0.05, 0.1) is 4.92 Å². The molecule has 6 nitrogen and oxygen atoms in total. The summed E-state index contributed by atoms with van der Waals surface area (Å²) in [5, 5.41) is 10.6. The normalized spacial score (nSPS) is 23.1. The van der Waals surface area contributed by atoms with Crippen molar-refractivity contribution in [2.45, 2.75) is 44.7 Å². The van der Waals surface area contributed by atoms with Crippen molar-refractivity contribution >= 4 is 11.5 Å². The highest BCUT2D eigenvalue weighted by Gasteiger charge is 2.24. The first-order valence-electron chi connectivity index (χ1n) is 6.74. The van der Waals surface area contributed by atoms with Crippen LogP contribution in [-0.4, -0.2) is 28.5 Å². The van der Waals surface area contributed by atoms with Crippen LogP contribution in [0.4, 0.5) is 11.5 Å². The molecular weight excluding hydrogens is 244 g/mol. The van der Waals surface area contributed by atoms with Crippen LogP contribution < -0.4 is 10.6 Å². The molecule has 6 heteroatoms. The number of nitrogens with zero attached hydrogens (tertiary/aromatic N) is 3. The average Bonchev–Trinajstić information content (AvgIpc) is 2.42. The summed E-state index contributed by atoms with van der Waals surface area (Å²) in [7, 11) is 0. The first-order chi connectivity index (χ1) is 9.11. The average molecular weight is 264 g/mol. The van der Waals surface area contributed by atoms with E-state index in [-0.39, 0.29) is 5.69 Å². The van der Waals surface area contributed by atoms with Crippen LogP contribution in [0.3, 0.4) is 0 Å². The predicted molar refractivity (Wildman–Crippen MR) is 74.1 cm³/mol. The van der Waals surface area contributed by atoms with E-state index >= 15 is 0 Å². The highest BCUT2D eigenvalue weighted by molar-refractivity contribution is 5.43. The van der Waals surface area contributed by atoms with Gasteiger partial charge in [-0.15, -0.1) is 0 Å². The monoisotopic (exact) mass is 264 g/mol. The number of rotatable bonds is 4. The van der Waals surface area contributed by atoms with Gasteiger partial charge in [-0.05, 0) is 38.7 Å². The van der Waals surface area contributed by atoms with Crippen LogP contribution in [0.2, 0.25) is 0 Å². The van der Waals surface area contributed by atoms with Crippen molar-refractivity contribution in [3.8, 4) is 0 Å². The number of aromatic nitrogens is 1. The lowest BCUT2D eigenvalue weighted by molar-refractivity contribution is -0.385. The summed E-state index contributed by atoms with van der Waals surface area (Å²) < 4.78 is 0. The second kappa shape index (κ2) is 5.97. The first kappa shape index (κ1) is 13.7. The van der Waals surface area contributed by atoms with Crippen molar-refractivity contribution < 1.29 is 4.92 Å². The molecule has 0 aliphatic heterocycles. The molecule has 0 spiro atoms. The Morgan fingerprint density at radius 3 is 2.58 bits per heavy atom. The Morgan fingerprint density at radius 1 is 1.42 bits per heavy atom. The van der Waals surface area contributed by atoms with Gasteiger partial charge in [-0.25, -0.2) is 4.98 Å². The van der Waals surface area contributed by atoms with Crippen LogP contribution in [0.15, 0.2) is 18.3 Å². The molecule has 1 aromatic heterocycles. The Hall–Kier alpha value is -1.69. The number of hydrogen-bond donors (Lipinski definition) is 1. The molecule has 2 N–H and O–H groups in total. The number of anilines is 1. The van der Waals surface area contributed by atoms with E-state index in [0.717, 1.165) is 38.0 Å². The quantitative estimate of drug-likeness (QED) is 0.664. The van der Waals surface area contributed by atoms with Gasteiger partial charge >= 0.3 is 0 Å². The largest absolute Gasteiger partial charge is 0.354 e. The summed E-state index contributed by atoms with van der Waals surface area (Å²) in [6.07, 6.45) is 5.52. The third-order valence-electron chi connectivity index (χ3n) is 3.76. The maximum absolute atomic E-state index is 10.6. The lowest BCUT2D eigenvalue weighted by atomic mass is 9.90. The molecule has 1 aliphatic carbocycles. The Balaban J connectivity index is 2.10. The molecule has 1 saturated carbocycles. The van der Waals surface area contributed by atoms with Gasteiger partial charge in [0.2, 0.25) is 0 Å². The van der Waals surface area contributed by atoms with Crippen molar-refractivity contribution in [3.05, 3.63) is 28.4 Å². The Bertz CT molecular complexity index is 427. The van der Waals surface area contributed by atoms with E-state index in [2.05, 4.69) is 16.8 Å². The second-order valence-electron chi connectivity index (χ2n) is 4.99. The molecule has 104 valence electrons. The summed E-state index contributed by atoms with van der Waals surface area (Å²) in [5.74, 6) is 0.813. The zero-order chi connectivity index (χ0) is 13.8. The minimum Gasteiger partial charge on any atom is -0.354 e. The molecule has 0 aromatic carbocycles. The zero-order valence-corrected chi connectivity index (χ0v) is 11.2. The van der Waals surface area contributed by atoms with E-state index in [0.29, 0.717) is 12.1 Å².